The molecule has 0 aliphatic heterocycles. The summed E-state index contributed by atoms with van der Waals surface area (Å²) in [5.41, 5.74) is 1.73. The maximum absolute atomic E-state index is 11.1. The highest BCUT2D eigenvalue weighted by molar-refractivity contribution is 6.34. The van der Waals surface area contributed by atoms with Gasteiger partial charge in [-0.05, 0) is 31.5 Å². The van der Waals surface area contributed by atoms with E-state index < -0.39 is 0 Å². The predicted molar refractivity (Wildman–Crippen MR) is 50.9 cm³/mol. The van der Waals surface area contributed by atoms with Crippen molar-refractivity contribution < 1.29 is 4.79 Å². The summed E-state index contributed by atoms with van der Waals surface area (Å²) >= 11 is 5.84. The number of aryl methyl sites for hydroxylation is 1. The second-order valence-corrected chi connectivity index (χ2v) is 3.23. The third-order valence-electron chi connectivity index (χ3n) is 1.77. The van der Waals surface area contributed by atoms with Gasteiger partial charge < -0.3 is 0 Å². The number of carbonyl (C=O) groups is 1. The van der Waals surface area contributed by atoms with E-state index in [4.69, 9.17) is 16.9 Å². The zero-order valence-corrected chi connectivity index (χ0v) is 8.14. The number of halogens is 1. The van der Waals surface area contributed by atoms with Crippen LogP contribution >= 0.6 is 11.6 Å². The van der Waals surface area contributed by atoms with Crippen molar-refractivity contribution in [2.75, 3.05) is 0 Å². The zero-order chi connectivity index (χ0) is 10.0. The van der Waals surface area contributed by atoms with Crippen LogP contribution in [-0.4, -0.2) is 5.78 Å². The van der Waals surface area contributed by atoms with Crippen LogP contribution in [0.25, 0.3) is 0 Å². The fraction of sp³-hybridized carbons (Fsp3) is 0.200. The van der Waals surface area contributed by atoms with Gasteiger partial charge in [-0.25, -0.2) is 0 Å². The first kappa shape index (κ1) is 9.76. The molecule has 0 N–H and O–H groups in total. The number of ketones is 1. The SMILES string of the molecule is CC(=O)c1c(C)cc(C#N)cc1Cl. The Morgan fingerprint density at radius 3 is 2.54 bits per heavy atom. The molecule has 0 saturated heterocycles. The third-order valence-corrected chi connectivity index (χ3v) is 2.07. The Labute approximate surface area is 81.7 Å². The summed E-state index contributed by atoms with van der Waals surface area (Å²) < 4.78 is 0. The monoisotopic (exact) mass is 193 g/mol. The van der Waals surface area contributed by atoms with Crippen molar-refractivity contribution in [2.24, 2.45) is 0 Å². The molecular weight excluding hydrogens is 186 g/mol. The van der Waals surface area contributed by atoms with Crippen molar-refractivity contribution in [3.63, 3.8) is 0 Å². The van der Waals surface area contributed by atoms with Gasteiger partial charge in [-0.2, -0.15) is 5.26 Å². The highest BCUT2D eigenvalue weighted by Gasteiger charge is 2.10. The van der Waals surface area contributed by atoms with Gasteiger partial charge in [0.1, 0.15) is 0 Å². The van der Waals surface area contributed by atoms with Crippen LogP contribution in [0.2, 0.25) is 5.02 Å². The molecule has 0 aromatic heterocycles. The van der Waals surface area contributed by atoms with E-state index >= 15 is 0 Å². The fourth-order valence-corrected chi connectivity index (χ4v) is 1.65. The Balaban J connectivity index is 3.42. The topological polar surface area (TPSA) is 40.9 Å². The van der Waals surface area contributed by atoms with Gasteiger partial charge in [0.15, 0.2) is 5.78 Å². The van der Waals surface area contributed by atoms with Crippen LogP contribution in [0, 0.1) is 18.3 Å². The summed E-state index contributed by atoms with van der Waals surface area (Å²) in [6.45, 7) is 3.23. The first-order valence-electron chi connectivity index (χ1n) is 3.77. The molecule has 0 aliphatic carbocycles. The zero-order valence-electron chi connectivity index (χ0n) is 7.39. The van der Waals surface area contributed by atoms with Crippen LogP contribution in [0.5, 0.6) is 0 Å². The summed E-state index contributed by atoms with van der Waals surface area (Å²) in [5, 5.41) is 8.97. The van der Waals surface area contributed by atoms with Crippen LogP contribution in [-0.2, 0) is 0 Å². The van der Waals surface area contributed by atoms with E-state index in [2.05, 4.69) is 0 Å². The van der Waals surface area contributed by atoms with E-state index in [1.165, 1.54) is 13.0 Å². The second-order valence-electron chi connectivity index (χ2n) is 2.82. The van der Waals surface area contributed by atoms with Crippen molar-refractivity contribution in [3.05, 3.63) is 33.8 Å². The average Bonchev–Trinajstić information content (AvgIpc) is 2.02. The third kappa shape index (κ3) is 1.88. The van der Waals surface area contributed by atoms with E-state index in [1.54, 1.807) is 13.0 Å². The molecule has 0 aliphatic rings. The molecule has 1 rings (SSSR count). The predicted octanol–water partition coefficient (Wildman–Crippen LogP) is 2.72. The van der Waals surface area contributed by atoms with Gasteiger partial charge in [0, 0.05) is 5.56 Å². The van der Waals surface area contributed by atoms with Crippen LogP contribution in [0.3, 0.4) is 0 Å². The standard InChI is InChI=1S/C10H8ClNO/c1-6-3-8(5-12)4-9(11)10(6)7(2)13/h3-4H,1-2H3. The molecule has 0 saturated carbocycles. The molecule has 66 valence electrons. The van der Waals surface area contributed by atoms with Crippen molar-refractivity contribution in [1.82, 2.24) is 0 Å². The van der Waals surface area contributed by atoms with Crippen LogP contribution < -0.4 is 0 Å². The number of Topliss-reactive ketones (excluding diaryl/α,β-unsaturated/α-hetero) is 1. The second kappa shape index (κ2) is 3.59. The lowest BCUT2D eigenvalue weighted by atomic mass is 10.0. The largest absolute Gasteiger partial charge is 0.294 e. The molecule has 3 heteroatoms. The lowest BCUT2D eigenvalue weighted by Crippen LogP contribution is -1.98. The van der Waals surface area contributed by atoms with Crippen molar-refractivity contribution >= 4 is 17.4 Å². The summed E-state index contributed by atoms with van der Waals surface area (Å²) in [6.07, 6.45) is 0. The quantitative estimate of drug-likeness (QED) is 0.644. The molecule has 0 heterocycles. The van der Waals surface area contributed by atoms with Gasteiger partial charge in [0.2, 0.25) is 0 Å². The molecule has 0 fully saturated rings. The maximum atomic E-state index is 11.1. The maximum Gasteiger partial charge on any atom is 0.161 e. The smallest absolute Gasteiger partial charge is 0.161 e. The fourth-order valence-electron chi connectivity index (χ4n) is 1.25. The minimum Gasteiger partial charge on any atom is -0.294 e. The highest BCUT2D eigenvalue weighted by atomic mass is 35.5. The van der Waals surface area contributed by atoms with E-state index in [0.29, 0.717) is 16.1 Å². The van der Waals surface area contributed by atoms with Crippen LogP contribution in [0.1, 0.15) is 28.4 Å². The first-order chi connectivity index (χ1) is 6.06. The Bertz CT molecular complexity index is 381. The minimum absolute atomic E-state index is 0.0769. The summed E-state index contributed by atoms with van der Waals surface area (Å²) in [7, 11) is 0. The molecule has 2 nitrogen and oxygen atoms in total. The molecule has 0 atom stereocenters. The highest BCUT2D eigenvalue weighted by Crippen LogP contribution is 2.22. The van der Waals surface area contributed by atoms with Gasteiger partial charge in [-0.1, -0.05) is 11.6 Å². The van der Waals surface area contributed by atoms with Gasteiger partial charge >= 0.3 is 0 Å². The number of benzene rings is 1. The molecule has 0 bridgehead atoms. The Hall–Kier alpha value is -1.33. The summed E-state index contributed by atoms with van der Waals surface area (Å²) in [6, 6.07) is 5.14. The summed E-state index contributed by atoms with van der Waals surface area (Å²) in [5.74, 6) is -0.0769. The molecule has 1 aromatic rings. The molecular formula is C10H8ClNO. The molecule has 0 unspecified atom stereocenters. The molecule has 0 amide bonds. The number of nitrogens with zero attached hydrogens (tertiary/aromatic N) is 1. The molecule has 0 spiro atoms. The summed E-state index contributed by atoms with van der Waals surface area (Å²) in [4.78, 5) is 11.1. The Morgan fingerprint density at radius 2 is 2.15 bits per heavy atom. The van der Waals surface area contributed by atoms with Crippen LogP contribution in [0.15, 0.2) is 12.1 Å². The number of hydrogen-bond donors (Lipinski definition) is 0. The van der Waals surface area contributed by atoms with E-state index in [0.717, 1.165) is 5.56 Å². The van der Waals surface area contributed by atoms with Crippen molar-refractivity contribution in [3.8, 4) is 6.07 Å². The number of hydrogen-bond acceptors (Lipinski definition) is 2. The average molecular weight is 194 g/mol. The molecule has 0 radical (unpaired) electrons. The van der Waals surface area contributed by atoms with E-state index in [1.807, 2.05) is 6.07 Å². The first-order valence-corrected chi connectivity index (χ1v) is 4.15. The number of rotatable bonds is 1. The molecule has 13 heavy (non-hydrogen) atoms. The van der Waals surface area contributed by atoms with Crippen molar-refractivity contribution in [2.45, 2.75) is 13.8 Å². The van der Waals surface area contributed by atoms with E-state index in [-0.39, 0.29) is 5.78 Å². The normalized spacial score (nSPS) is 9.38. The van der Waals surface area contributed by atoms with E-state index in [9.17, 15) is 4.79 Å². The number of carbonyl (C=O) groups excluding carboxylic acids is 1. The number of nitriles is 1. The lowest BCUT2D eigenvalue weighted by molar-refractivity contribution is 0.101. The minimum atomic E-state index is -0.0769. The Kier molecular flexibility index (Phi) is 2.69. The van der Waals surface area contributed by atoms with Gasteiger partial charge in [0.05, 0.1) is 16.7 Å². The van der Waals surface area contributed by atoms with Gasteiger partial charge in [-0.15, -0.1) is 0 Å². The van der Waals surface area contributed by atoms with Gasteiger partial charge in [-0.3, -0.25) is 4.79 Å². The van der Waals surface area contributed by atoms with Gasteiger partial charge in [0.25, 0.3) is 0 Å². The lowest BCUT2D eigenvalue weighted by Gasteiger charge is -2.04. The van der Waals surface area contributed by atoms with Crippen molar-refractivity contribution in [1.29, 1.82) is 5.26 Å². The van der Waals surface area contributed by atoms with Crippen LogP contribution in [0.4, 0.5) is 0 Å². The Morgan fingerprint density at radius 1 is 1.54 bits per heavy atom. The molecule has 1 aromatic carbocycles.